The summed E-state index contributed by atoms with van der Waals surface area (Å²) in [6.45, 7) is 2.55. The Balaban J connectivity index is 1.56. The van der Waals surface area contributed by atoms with E-state index >= 15 is 0 Å². The van der Waals surface area contributed by atoms with Crippen molar-refractivity contribution < 1.29 is 27.8 Å². The number of benzene rings is 3. The van der Waals surface area contributed by atoms with Gasteiger partial charge >= 0.3 is 0 Å². The zero-order chi connectivity index (χ0) is 27.3. The van der Waals surface area contributed by atoms with E-state index in [1.54, 1.807) is 30.1 Å². The third-order valence-electron chi connectivity index (χ3n) is 6.44. The molecule has 0 spiro atoms. The predicted molar refractivity (Wildman–Crippen MR) is 140 cm³/mol. The number of morpholine rings is 1. The number of rotatable bonds is 8. The van der Waals surface area contributed by atoms with E-state index in [1.807, 2.05) is 37.3 Å². The third kappa shape index (κ3) is 6.88. The SMILES string of the molecule is Cc1cc(OC[C@@]2(CC(=O)N(C)Cc3ccccc3)CN(C(=O)c3cc(F)cc(F)c3)CCO2)ccc1Cl. The van der Waals surface area contributed by atoms with E-state index in [2.05, 4.69) is 0 Å². The first-order valence-electron chi connectivity index (χ1n) is 12.2. The molecule has 0 unspecified atom stereocenters. The van der Waals surface area contributed by atoms with Crippen LogP contribution in [-0.2, 0) is 16.1 Å². The van der Waals surface area contributed by atoms with Crippen LogP contribution in [0.25, 0.3) is 0 Å². The number of amides is 2. The van der Waals surface area contributed by atoms with Gasteiger partial charge in [-0.25, -0.2) is 8.78 Å². The van der Waals surface area contributed by atoms with Crippen LogP contribution < -0.4 is 4.74 Å². The van der Waals surface area contributed by atoms with Crippen molar-refractivity contribution in [3.63, 3.8) is 0 Å². The molecule has 0 aromatic heterocycles. The van der Waals surface area contributed by atoms with Crippen LogP contribution in [0.15, 0.2) is 66.7 Å². The van der Waals surface area contributed by atoms with Crippen LogP contribution in [0.1, 0.15) is 27.9 Å². The quantitative estimate of drug-likeness (QED) is 0.389. The maximum Gasteiger partial charge on any atom is 0.254 e. The van der Waals surface area contributed by atoms with E-state index < -0.39 is 23.1 Å². The van der Waals surface area contributed by atoms with Gasteiger partial charge in [0, 0.05) is 36.8 Å². The summed E-state index contributed by atoms with van der Waals surface area (Å²) in [5.74, 6) is -1.89. The maximum absolute atomic E-state index is 13.8. The van der Waals surface area contributed by atoms with Gasteiger partial charge in [0.05, 0.1) is 19.6 Å². The molecule has 0 saturated carbocycles. The Labute approximate surface area is 225 Å². The Morgan fingerprint density at radius 1 is 1.08 bits per heavy atom. The minimum Gasteiger partial charge on any atom is -0.490 e. The Bertz CT molecular complexity index is 1290. The van der Waals surface area contributed by atoms with Gasteiger partial charge in [-0.3, -0.25) is 9.59 Å². The van der Waals surface area contributed by atoms with Crippen molar-refractivity contribution in [3.05, 3.63) is 100 Å². The summed E-state index contributed by atoms with van der Waals surface area (Å²) in [7, 11) is 1.70. The molecule has 2 amide bonds. The van der Waals surface area contributed by atoms with Crippen molar-refractivity contribution in [2.24, 2.45) is 0 Å². The number of carbonyl (C=O) groups excluding carboxylic acids is 2. The minimum absolute atomic E-state index is 0.00144. The predicted octanol–water partition coefficient (Wildman–Crippen LogP) is 5.27. The van der Waals surface area contributed by atoms with Crippen molar-refractivity contribution >= 4 is 23.4 Å². The monoisotopic (exact) mass is 542 g/mol. The van der Waals surface area contributed by atoms with Gasteiger partial charge in [-0.2, -0.15) is 0 Å². The number of aryl methyl sites for hydroxylation is 1. The number of hydrogen-bond donors (Lipinski definition) is 0. The fourth-order valence-electron chi connectivity index (χ4n) is 4.40. The molecule has 1 fully saturated rings. The van der Waals surface area contributed by atoms with Gasteiger partial charge in [-0.15, -0.1) is 0 Å². The van der Waals surface area contributed by atoms with Crippen LogP contribution in [0.2, 0.25) is 5.02 Å². The summed E-state index contributed by atoms with van der Waals surface area (Å²) in [5, 5.41) is 0.595. The summed E-state index contributed by atoms with van der Waals surface area (Å²) in [6.07, 6.45) is -0.0653. The second kappa shape index (κ2) is 11.9. The molecule has 0 aliphatic carbocycles. The molecule has 0 radical (unpaired) electrons. The Morgan fingerprint density at radius 2 is 1.79 bits per heavy atom. The zero-order valence-electron chi connectivity index (χ0n) is 21.3. The smallest absolute Gasteiger partial charge is 0.254 e. The fraction of sp³-hybridized carbons (Fsp3) is 0.310. The van der Waals surface area contributed by atoms with Crippen molar-refractivity contribution in [1.29, 1.82) is 0 Å². The highest BCUT2D eigenvalue weighted by Crippen LogP contribution is 2.28. The van der Waals surface area contributed by atoms with Crippen LogP contribution in [0.3, 0.4) is 0 Å². The van der Waals surface area contributed by atoms with Gasteiger partial charge < -0.3 is 19.3 Å². The lowest BCUT2D eigenvalue weighted by Gasteiger charge is -2.42. The normalized spacial score (nSPS) is 17.2. The van der Waals surface area contributed by atoms with E-state index in [-0.39, 0.29) is 44.2 Å². The Morgan fingerprint density at radius 3 is 2.47 bits per heavy atom. The first kappa shape index (κ1) is 27.5. The van der Waals surface area contributed by atoms with Crippen LogP contribution in [-0.4, -0.2) is 60.6 Å². The minimum atomic E-state index is -1.19. The number of carbonyl (C=O) groups is 2. The van der Waals surface area contributed by atoms with E-state index in [0.717, 1.165) is 23.3 Å². The second-order valence-corrected chi connectivity index (χ2v) is 9.94. The molecule has 4 rings (SSSR count). The van der Waals surface area contributed by atoms with Crippen molar-refractivity contribution in [3.8, 4) is 5.75 Å². The molecule has 3 aromatic rings. The molecule has 1 aliphatic heterocycles. The van der Waals surface area contributed by atoms with Gasteiger partial charge in [0.25, 0.3) is 5.91 Å². The average Bonchev–Trinajstić information content (AvgIpc) is 2.89. The lowest BCUT2D eigenvalue weighted by Crippen LogP contribution is -2.58. The average molecular weight is 543 g/mol. The first-order chi connectivity index (χ1) is 18.1. The number of halogens is 3. The largest absolute Gasteiger partial charge is 0.490 e. The maximum atomic E-state index is 13.8. The lowest BCUT2D eigenvalue weighted by atomic mass is 9.96. The summed E-state index contributed by atoms with van der Waals surface area (Å²) in [5.41, 5.74) is 0.501. The van der Waals surface area contributed by atoms with Crippen LogP contribution in [0.5, 0.6) is 5.75 Å². The number of ether oxygens (including phenoxy) is 2. The van der Waals surface area contributed by atoms with E-state index in [4.69, 9.17) is 21.1 Å². The molecule has 1 saturated heterocycles. The van der Waals surface area contributed by atoms with Gasteiger partial charge in [0.15, 0.2) is 0 Å². The van der Waals surface area contributed by atoms with Gasteiger partial charge in [0.1, 0.15) is 29.6 Å². The lowest BCUT2D eigenvalue weighted by molar-refractivity contribution is -0.152. The van der Waals surface area contributed by atoms with E-state index in [1.165, 1.54) is 4.90 Å². The Kier molecular flexibility index (Phi) is 8.64. The molecule has 6 nitrogen and oxygen atoms in total. The molecular weight excluding hydrogens is 514 g/mol. The molecule has 200 valence electrons. The zero-order valence-corrected chi connectivity index (χ0v) is 22.0. The molecule has 0 N–H and O–H groups in total. The summed E-state index contributed by atoms with van der Waals surface area (Å²) in [4.78, 5) is 29.6. The highest BCUT2D eigenvalue weighted by molar-refractivity contribution is 6.31. The molecule has 38 heavy (non-hydrogen) atoms. The summed E-state index contributed by atoms with van der Waals surface area (Å²) in [6, 6.07) is 17.5. The highest BCUT2D eigenvalue weighted by Gasteiger charge is 2.42. The molecule has 1 atom stereocenters. The van der Waals surface area contributed by atoms with Gasteiger partial charge in [-0.1, -0.05) is 41.9 Å². The second-order valence-electron chi connectivity index (χ2n) is 9.53. The molecule has 9 heteroatoms. The van der Waals surface area contributed by atoms with E-state index in [9.17, 15) is 18.4 Å². The summed E-state index contributed by atoms with van der Waals surface area (Å²) >= 11 is 6.13. The van der Waals surface area contributed by atoms with Crippen molar-refractivity contribution in [2.45, 2.75) is 25.5 Å². The molecule has 3 aromatic carbocycles. The third-order valence-corrected chi connectivity index (χ3v) is 6.86. The molecular formula is C29H29ClF2N2O4. The fourth-order valence-corrected chi connectivity index (χ4v) is 4.52. The van der Waals surface area contributed by atoms with Gasteiger partial charge in [0.2, 0.25) is 5.91 Å². The molecule has 0 bridgehead atoms. The summed E-state index contributed by atoms with van der Waals surface area (Å²) < 4.78 is 39.8. The molecule has 1 aliphatic rings. The first-order valence-corrected chi connectivity index (χ1v) is 12.6. The van der Waals surface area contributed by atoms with E-state index in [0.29, 0.717) is 23.4 Å². The van der Waals surface area contributed by atoms with Crippen molar-refractivity contribution in [2.75, 3.05) is 33.4 Å². The van der Waals surface area contributed by atoms with Gasteiger partial charge in [-0.05, 0) is 48.4 Å². The Hall–Kier alpha value is -3.49. The number of hydrogen-bond acceptors (Lipinski definition) is 4. The molecule has 1 heterocycles. The number of nitrogens with zero attached hydrogens (tertiary/aromatic N) is 2. The van der Waals surface area contributed by atoms with Crippen LogP contribution >= 0.6 is 11.6 Å². The van der Waals surface area contributed by atoms with Crippen molar-refractivity contribution in [1.82, 2.24) is 9.80 Å². The highest BCUT2D eigenvalue weighted by atomic mass is 35.5. The van der Waals surface area contributed by atoms with Crippen LogP contribution in [0.4, 0.5) is 8.78 Å². The standard InChI is InChI=1S/C29H29ClF2N2O4/c1-20-12-25(8-9-26(20)30)37-19-29(16-27(35)33(2)17-21-6-4-3-5-7-21)18-34(10-11-38-29)28(36)22-13-23(31)15-24(32)14-22/h3-9,12-15H,10-11,16-19H2,1-2H3/t29-/m1/s1. The topological polar surface area (TPSA) is 59.1 Å². The van der Waals surface area contributed by atoms with Crippen LogP contribution in [0, 0.1) is 18.6 Å².